The minimum absolute atomic E-state index is 0.337. The lowest BCUT2D eigenvalue weighted by Crippen LogP contribution is -2.33. The number of nitrogens with zero attached hydrogens (tertiary/aromatic N) is 2. The molecule has 2 N–H and O–H groups in total. The first kappa shape index (κ1) is 16.5. The Kier molecular flexibility index (Phi) is 4.08. The van der Waals surface area contributed by atoms with E-state index >= 15 is 0 Å². The number of aromatic nitrogens is 1. The van der Waals surface area contributed by atoms with Crippen molar-refractivity contribution in [3.05, 3.63) is 45.6 Å². The van der Waals surface area contributed by atoms with Gasteiger partial charge in [-0.15, -0.1) is 0 Å². The Morgan fingerprint density at radius 1 is 1.33 bits per heavy atom. The van der Waals surface area contributed by atoms with E-state index in [4.69, 9.17) is 27.4 Å². The van der Waals surface area contributed by atoms with Crippen LogP contribution in [-0.4, -0.2) is 17.3 Å². The number of hydrogen-bond donors (Lipinski definition) is 1. The van der Waals surface area contributed by atoms with Gasteiger partial charge in [0.15, 0.2) is 0 Å². The van der Waals surface area contributed by atoms with Gasteiger partial charge in [0.05, 0.1) is 30.6 Å². The van der Waals surface area contributed by atoms with Crippen molar-refractivity contribution in [2.24, 2.45) is 0 Å². The number of nitriles is 1. The second-order valence-electron chi connectivity index (χ2n) is 6.37. The zero-order valence-electron chi connectivity index (χ0n) is 13.9. The average molecular weight is 341 g/mol. The lowest BCUT2D eigenvalue weighted by atomic mass is 9.89. The van der Waals surface area contributed by atoms with Gasteiger partial charge in [-0.3, -0.25) is 4.57 Å². The standard InChI is InChI=1S/C18H19N3O2S/c1-18(2)8-11-12(9-19)16(20)21(17(24)13(11)10-23-18)14-6-4-5-7-15(14)22-3/h4-7H,8,10,20H2,1-3H3. The highest BCUT2D eigenvalue weighted by Crippen LogP contribution is 2.36. The summed E-state index contributed by atoms with van der Waals surface area (Å²) >= 11 is 5.68. The van der Waals surface area contributed by atoms with Crippen LogP contribution in [-0.2, 0) is 17.8 Å². The van der Waals surface area contributed by atoms with Crippen molar-refractivity contribution in [1.82, 2.24) is 4.57 Å². The van der Waals surface area contributed by atoms with Crippen LogP contribution < -0.4 is 10.5 Å². The third-order valence-corrected chi connectivity index (χ3v) is 4.70. The summed E-state index contributed by atoms with van der Waals surface area (Å²) in [6.07, 6.45) is 0.603. The topological polar surface area (TPSA) is 73.2 Å². The van der Waals surface area contributed by atoms with Gasteiger partial charge in [0.2, 0.25) is 0 Å². The maximum Gasteiger partial charge on any atom is 0.142 e. The zero-order chi connectivity index (χ0) is 17.5. The van der Waals surface area contributed by atoms with Crippen LogP contribution in [0.15, 0.2) is 24.3 Å². The van der Waals surface area contributed by atoms with Crippen LogP contribution >= 0.6 is 12.2 Å². The molecule has 24 heavy (non-hydrogen) atoms. The second kappa shape index (κ2) is 5.93. The first-order valence-corrected chi connectivity index (χ1v) is 8.04. The molecule has 1 aliphatic rings. The Labute approximate surface area is 146 Å². The van der Waals surface area contributed by atoms with Gasteiger partial charge in [-0.05, 0) is 31.5 Å². The highest BCUT2D eigenvalue weighted by molar-refractivity contribution is 7.71. The summed E-state index contributed by atoms with van der Waals surface area (Å²) in [5.41, 5.74) is 8.91. The molecule has 0 bridgehead atoms. The monoisotopic (exact) mass is 341 g/mol. The predicted octanol–water partition coefficient (Wildman–Crippen LogP) is 3.52. The van der Waals surface area contributed by atoms with Gasteiger partial charge in [0.1, 0.15) is 22.3 Å². The number of benzene rings is 1. The molecule has 0 unspecified atom stereocenters. The fraction of sp³-hybridized carbons (Fsp3) is 0.333. The predicted molar refractivity (Wildman–Crippen MR) is 94.9 cm³/mol. The van der Waals surface area contributed by atoms with Crippen molar-refractivity contribution < 1.29 is 9.47 Å². The molecular weight excluding hydrogens is 322 g/mol. The molecule has 1 aromatic carbocycles. The Morgan fingerprint density at radius 3 is 2.71 bits per heavy atom. The number of methoxy groups -OCH3 is 1. The molecule has 0 saturated carbocycles. The van der Waals surface area contributed by atoms with Gasteiger partial charge in [0.25, 0.3) is 0 Å². The maximum absolute atomic E-state index is 9.68. The van der Waals surface area contributed by atoms with Gasteiger partial charge in [0, 0.05) is 12.0 Å². The van der Waals surface area contributed by atoms with E-state index in [0.29, 0.717) is 40.5 Å². The van der Waals surface area contributed by atoms with E-state index in [1.807, 2.05) is 38.1 Å². The molecule has 0 radical (unpaired) electrons. The third kappa shape index (κ3) is 2.56. The molecule has 1 aliphatic heterocycles. The Morgan fingerprint density at radius 2 is 2.04 bits per heavy atom. The van der Waals surface area contributed by atoms with Gasteiger partial charge in [-0.25, -0.2) is 0 Å². The summed E-state index contributed by atoms with van der Waals surface area (Å²) in [6.45, 7) is 4.36. The van der Waals surface area contributed by atoms with E-state index in [1.54, 1.807) is 11.7 Å². The Bertz CT molecular complexity index is 910. The summed E-state index contributed by atoms with van der Waals surface area (Å²) in [4.78, 5) is 0. The van der Waals surface area contributed by atoms with E-state index in [9.17, 15) is 5.26 Å². The zero-order valence-corrected chi connectivity index (χ0v) is 14.7. The summed E-state index contributed by atoms with van der Waals surface area (Å²) in [6, 6.07) is 9.70. The van der Waals surface area contributed by atoms with Crippen LogP contribution in [0.3, 0.4) is 0 Å². The molecule has 6 heteroatoms. The van der Waals surface area contributed by atoms with E-state index in [-0.39, 0.29) is 5.60 Å². The minimum atomic E-state index is -0.344. The van der Waals surface area contributed by atoms with Gasteiger partial charge in [-0.2, -0.15) is 5.26 Å². The van der Waals surface area contributed by atoms with Crippen LogP contribution in [0.4, 0.5) is 5.82 Å². The summed E-state index contributed by atoms with van der Waals surface area (Å²) in [5, 5.41) is 9.68. The lowest BCUT2D eigenvalue weighted by Gasteiger charge is -2.33. The molecule has 2 heterocycles. The van der Waals surface area contributed by atoms with Gasteiger partial charge in [-0.1, -0.05) is 24.4 Å². The van der Waals surface area contributed by atoms with Crippen LogP contribution in [0.2, 0.25) is 0 Å². The average Bonchev–Trinajstić information content (AvgIpc) is 2.55. The van der Waals surface area contributed by atoms with Crippen LogP contribution in [0.25, 0.3) is 5.69 Å². The molecule has 124 valence electrons. The van der Waals surface area contributed by atoms with Gasteiger partial charge < -0.3 is 15.2 Å². The second-order valence-corrected chi connectivity index (χ2v) is 6.75. The van der Waals surface area contributed by atoms with Crippen molar-refractivity contribution >= 4 is 18.0 Å². The fourth-order valence-electron chi connectivity index (χ4n) is 3.06. The number of hydrogen-bond acceptors (Lipinski definition) is 5. The van der Waals surface area contributed by atoms with E-state index < -0.39 is 0 Å². The van der Waals surface area contributed by atoms with Crippen molar-refractivity contribution in [2.45, 2.75) is 32.5 Å². The highest BCUT2D eigenvalue weighted by Gasteiger charge is 2.31. The lowest BCUT2D eigenvalue weighted by molar-refractivity contribution is -0.0405. The molecule has 0 saturated heterocycles. The largest absolute Gasteiger partial charge is 0.495 e. The van der Waals surface area contributed by atoms with Crippen molar-refractivity contribution in [3.63, 3.8) is 0 Å². The minimum Gasteiger partial charge on any atom is -0.495 e. The van der Waals surface area contributed by atoms with Crippen molar-refractivity contribution in [1.29, 1.82) is 5.26 Å². The van der Waals surface area contributed by atoms with E-state index in [1.165, 1.54) is 0 Å². The number of ether oxygens (including phenoxy) is 2. The Hall–Kier alpha value is -2.36. The first-order chi connectivity index (χ1) is 11.4. The third-order valence-electron chi connectivity index (χ3n) is 4.27. The maximum atomic E-state index is 9.68. The molecule has 2 aromatic rings. The summed E-state index contributed by atoms with van der Waals surface area (Å²) in [7, 11) is 1.59. The number of rotatable bonds is 2. The molecule has 0 amide bonds. The number of nitrogen functional groups attached to an aromatic ring is 1. The number of para-hydroxylation sites is 2. The molecule has 0 aliphatic carbocycles. The molecule has 0 fully saturated rings. The molecular formula is C18H19N3O2S. The molecule has 3 rings (SSSR count). The van der Waals surface area contributed by atoms with Gasteiger partial charge >= 0.3 is 0 Å². The molecule has 0 spiro atoms. The smallest absolute Gasteiger partial charge is 0.142 e. The molecule has 1 aromatic heterocycles. The molecule has 5 nitrogen and oxygen atoms in total. The van der Waals surface area contributed by atoms with E-state index in [2.05, 4.69) is 6.07 Å². The Balaban J connectivity index is 2.35. The number of pyridine rings is 1. The van der Waals surface area contributed by atoms with E-state index in [0.717, 1.165) is 11.1 Å². The number of nitrogens with two attached hydrogens (primary N) is 1. The van der Waals surface area contributed by atoms with Crippen LogP contribution in [0.1, 0.15) is 30.5 Å². The molecule has 0 atom stereocenters. The normalized spacial score (nSPS) is 15.4. The highest BCUT2D eigenvalue weighted by atomic mass is 32.1. The van der Waals surface area contributed by atoms with Crippen LogP contribution in [0.5, 0.6) is 5.75 Å². The fourth-order valence-corrected chi connectivity index (χ4v) is 3.44. The summed E-state index contributed by atoms with van der Waals surface area (Å²) < 4.78 is 13.6. The SMILES string of the molecule is COc1ccccc1-n1c(N)c(C#N)c2c(c1=S)COC(C)(C)C2. The van der Waals surface area contributed by atoms with Crippen molar-refractivity contribution in [2.75, 3.05) is 12.8 Å². The number of fused-ring (bicyclic) bond motifs is 1. The van der Waals surface area contributed by atoms with Crippen molar-refractivity contribution in [3.8, 4) is 17.5 Å². The number of anilines is 1. The van der Waals surface area contributed by atoms with Crippen LogP contribution in [0, 0.1) is 16.0 Å². The quantitative estimate of drug-likeness (QED) is 0.846. The summed E-state index contributed by atoms with van der Waals surface area (Å²) in [5.74, 6) is 0.977. The first-order valence-electron chi connectivity index (χ1n) is 7.63.